The number of nitrogens with zero attached hydrogens (tertiary/aromatic N) is 3. The van der Waals surface area contributed by atoms with Crippen LogP contribution in [0, 0.1) is 22.5 Å². The van der Waals surface area contributed by atoms with E-state index in [1.165, 1.54) is 48.7 Å². The maximum absolute atomic E-state index is 14.3. The van der Waals surface area contributed by atoms with Gasteiger partial charge in [-0.3, -0.25) is 29.0 Å². The summed E-state index contributed by atoms with van der Waals surface area (Å²) in [5.74, 6) is -2.95. The van der Waals surface area contributed by atoms with Crippen LogP contribution in [-0.4, -0.2) is 43.3 Å². The lowest BCUT2D eigenvalue weighted by molar-refractivity contribution is -0.123. The molecular formula is C40H35ClF2N6O5. The Balaban J connectivity index is 0.000000208. The predicted molar refractivity (Wildman–Crippen MR) is 203 cm³/mol. The van der Waals surface area contributed by atoms with Crippen molar-refractivity contribution in [2.45, 2.75) is 41.5 Å². The van der Waals surface area contributed by atoms with Gasteiger partial charge in [0.25, 0.3) is 5.56 Å². The summed E-state index contributed by atoms with van der Waals surface area (Å²) in [6, 6.07) is 17.0. The summed E-state index contributed by atoms with van der Waals surface area (Å²) in [5, 5.41) is 5.57. The number of halogens is 3. The third-order valence-corrected chi connectivity index (χ3v) is 8.09. The minimum atomic E-state index is -0.700. The second-order valence-electron chi connectivity index (χ2n) is 14.3. The number of rotatable bonds is 6. The van der Waals surface area contributed by atoms with Crippen molar-refractivity contribution in [2.24, 2.45) is 10.8 Å². The van der Waals surface area contributed by atoms with Gasteiger partial charge in [-0.2, -0.15) is 0 Å². The molecule has 2 aromatic heterocycles. The number of amides is 2. The number of ketones is 2. The zero-order valence-electron chi connectivity index (χ0n) is 30.1. The van der Waals surface area contributed by atoms with E-state index in [1.807, 2.05) is 0 Å². The van der Waals surface area contributed by atoms with Crippen LogP contribution in [0.4, 0.5) is 20.2 Å². The number of carbonyl (C=O) groups is 4. The lowest BCUT2D eigenvalue weighted by Gasteiger charge is -2.18. The van der Waals surface area contributed by atoms with Crippen molar-refractivity contribution in [1.29, 1.82) is 0 Å². The number of aromatic amines is 1. The first kappa shape index (κ1) is 39.0. The third kappa shape index (κ3) is 9.22. The van der Waals surface area contributed by atoms with E-state index in [0.717, 1.165) is 18.3 Å². The average molecular weight is 753 g/mol. The zero-order valence-corrected chi connectivity index (χ0v) is 30.9. The third-order valence-electron chi connectivity index (χ3n) is 7.91. The molecule has 0 saturated heterocycles. The SMILES string of the molecule is CC(C)(C)C(=O)Nc1ccc(F)c(C(=O)c2ccc3ncc(=O)[nH]c3c2)c1.CC(C)(C)C(=O)Nc1ccc(F)c(C(=O)c2ccc3ncc(Cl)nc3c2)c1. The molecular weight excluding hydrogens is 718 g/mol. The van der Waals surface area contributed by atoms with Crippen LogP contribution in [0.1, 0.15) is 73.4 Å². The van der Waals surface area contributed by atoms with Crippen molar-refractivity contribution in [1.82, 2.24) is 19.9 Å². The molecule has 276 valence electrons. The lowest BCUT2D eigenvalue weighted by Crippen LogP contribution is -2.27. The van der Waals surface area contributed by atoms with Crippen molar-refractivity contribution in [3.05, 3.63) is 135 Å². The number of nitrogens with one attached hydrogen (secondary N) is 3. The number of fused-ring (bicyclic) bond motifs is 2. The van der Waals surface area contributed by atoms with Gasteiger partial charge >= 0.3 is 0 Å². The Morgan fingerprint density at radius 2 is 1.11 bits per heavy atom. The summed E-state index contributed by atoms with van der Waals surface area (Å²) >= 11 is 5.84. The second-order valence-corrected chi connectivity index (χ2v) is 14.7. The molecule has 0 aliphatic heterocycles. The Kier molecular flexibility index (Phi) is 11.1. The zero-order chi connectivity index (χ0) is 39.5. The average Bonchev–Trinajstić information content (AvgIpc) is 3.11. The smallest absolute Gasteiger partial charge is 0.266 e. The molecule has 0 aliphatic carbocycles. The fourth-order valence-corrected chi connectivity index (χ4v) is 4.96. The molecule has 0 aliphatic rings. The molecule has 0 spiro atoms. The summed E-state index contributed by atoms with van der Waals surface area (Å²) in [4.78, 5) is 76.0. The summed E-state index contributed by atoms with van der Waals surface area (Å²) in [6.07, 6.45) is 2.55. The molecule has 0 fully saturated rings. The first-order valence-electron chi connectivity index (χ1n) is 16.5. The maximum atomic E-state index is 14.3. The molecule has 0 unspecified atom stereocenters. The van der Waals surface area contributed by atoms with Gasteiger partial charge in [-0.05, 0) is 72.8 Å². The fourth-order valence-electron chi connectivity index (χ4n) is 4.82. The summed E-state index contributed by atoms with van der Waals surface area (Å²) < 4.78 is 28.5. The molecule has 6 aromatic rings. The number of benzene rings is 4. The van der Waals surface area contributed by atoms with Crippen LogP contribution in [0.3, 0.4) is 0 Å². The topological polar surface area (TPSA) is 164 Å². The maximum Gasteiger partial charge on any atom is 0.266 e. The quantitative estimate of drug-likeness (QED) is 0.145. The lowest BCUT2D eigenvalue weighted by atomic mass is 9.95. The molecule has 2 heterocycles. The Hall–Kier alpha value is -6.21. The van der Waals surface area contributed by atoms with E-state index < -0.39 is 39.6 Å². The fraction of sp³-hybridized carbons (Fsp3) is 0.200. The van der Waals surface area contributed by atoms with Gasteiger partial charge in [-0.15, -0.1) is 0 Å². The molecule has 0 bridgehead atoms. The first-order chi connectivity index (χ1) is 25.3. The standard InChI is InChI=1S/C20H17ClFN3O2.C20H18FN3O3/c1-20(2,3)19(27)24-12-5-6-14(22)13(9-12)18(26)11-4-7-15-16(8-11)25-17(21)10-23-15;1-20(2,3)19(27)23-12-5-6-14(21)13(9-12)18(26)11-4-7-15-16(8-11)24-17(25)10-22-15/h4-10H,1-3H3,(H,24,27);4-10H,1-3H3,(H,23,27)(H,24,25). The van der Waals surface area contributed by atoms with Gasteiger partial charge in [0.05, 0.1) is 45.6 Å². The number of H-pyrrole nitrogens is 1. The van der Waals surface area contributed by atoms with Crippen LogP contribution in [-0.2, 0) is 9.59 Å². The number of aromatic nitrogens is 4. The molecule has 6 rings (SSSR count). The van der Waals surface area contributed by atoms with Gasteiger partial charge in [-0.1, -0.05) is 53.1 Å². The van der Waals surface area contributed by atoms with Crippen LogP contribution in [0.5, 0.6) is 0 Å². The Bertz CT molecular complexity index is 2520. The minimum Gasteiger partial charge on any atom is -0.326 e. The van der Waals surface area contributed by atoms with E-state index >= 15 is 0 Å². The van der Waals surface area contributed by atoms with Gasteiger partial charge < -0.3 is 15.6 Å². The Morgan fingerprint density at radius 1 is 0.630 bits per heavy atom. The van der Waals surface area contributed by atoms with Gasteiger partial charge in [0.15, 0.2) is 11.6 Å². The highest BCUT2D eigenvalue weighted by Gasteiger charge is 2.24. The van der Waals surface area contributed by atoms with E-state index in [9.17, 15) is 32.8 Å². The van der Waals surface area contributed by atoms with Gasteiger partial charge in [0.1, 0.15) is 16.8 Å². The van der Waals surface area contributed by atoms with E-state index in [4.69, 9.17) is 11.6 Å². The molecule has 0 radical (unpaired) electrons. The van der Waals surface area contributed by atoms with Gasteiger partial charge in [0.2, 0.25) is 11.8 Å². The van der Waals surface area contributed by atoms with Crippen molar-refractivity contribution < 1.29 is 28.0 Å². The van der Waals surface area contributed by atoms with Gasteiger partial charge in [-0.25, -0.2) is 18.7 Å². The highest BCUT2D eigenvalue weighted by molar-refractivity contribution is 6.29. The molecule has 3 N–H and O–H groups in total. The largest absolute Gasteiger partial charge is 0.326 e. The number of hydrogen-bond donors (Lipinski definition) is 3. The van der Waals surface area contributed by atoms with Crippen molar-refractivity contribution in [3.63, 3.8) is 0 Å². The first-order valence-corrected chi connectivity index (χ1v) is 16.9. The normalized spacial score (nSPS) is 11.4. The van der Waals surface area contributed by atoms with E-state index in [1.54, 1.807) is 59.7 Å². The Morgan fingerprint density at radius 3 is 1.63 bits per heavy atom. The van der Waals surface area contributed by atoms with E-state index in [-0.39, 0.29) is 39.2 Å². The predicted octanol–water partition coefficient (Wildman–Crippen LogP) is 7.92. The number of hydrogen-bond acceptors (Lipinski definition) is 8. The van der Waals surface area contributed by atoms with Crippen LogP contribution in [0.15, 0.2) is 90.0 Å². The molecule has 0 saturated carbocycles. The second kappa shape index (κ2) is 15.4. The highest BCUT2D eigenvalue weighted by atomic mass is 35.5. The highest BCUT2D eigenvalue weighted by Crippen LogP contribution is 2.25. The van der Waals surface area contributed by atoms with E-state index in [2.05, 4.69) is 30.6 Å². The van der Waals surface area contributed by atoms with Crippen molar-refractivity contribution >= 4 is 68.4 Å². The molecule has 0 atom stereocenters. The van der Waals surface area contributed by atoms with Crippen molar-refractivity contribution in [2.75, 3.05) is 10.6 Å². The monoisotopic (exact) mass is 752 g/mol. The van der Waals surface area contributed by atoms with Crippen LogP contribution < -0.4 is 16.2 Å². The van der Waals surface area contributed by atoms with Crippen molar-refractivity contribution in [3.8, 4) is 0 Å². The molecule has 11 nitrogen and oxygen atoms in total. The minimum absolute atomic E-state index is 0.143. The molecule has 14 heteroatoms. The molecule has 2 amide bonds. The van der Waals surface area contributed by atoms with Crippen LogP contribution in [0.2, 0.25) is 5.15 Å². The summed E-state index contributed by atoms with van der Waals surface area (Å²) in [6.45, 7) is 10.5. The van der Waals surface area contributed by atoms with Crippen LogP contribution in [0.25, 0.3) is 22.1 Å². The summed E-state index contributed by atoms with van der Waals surface area (Å²) in [7, 11) is 0. The Labute approximate surface area is 313 Å². The summed E-state index contributed by atoms with van der Waals surface area (Å²) in [5.41, 5.74) is 1.07. The van der Waals surface area contributed by atoms with Gasteiger partial charge in [0, 0.05) is 33.3 Å². The number of anilines is 2. The number of carbonyl (C=O) groups excluding carboxylic acids is 4. The molecule has 54 heavy (non-hydrogen) atoms. The molecule has 4 aromatic carbocycles. The van der Waals surface area contributed by atoms with Crippen LogP contribution >= 0.6 is 11.6 Å². The van der Waals surface area contributed by atoms with E-state index in [0.29, 0.717) is 33.4 Å².